The first-order chi connectivity index (χ1) is 13.7. The number of thiophene rings is 1. The number of carbonyl (C=O) groups is 2. The predicted molar refractivity (Wildman–Crippen MR) is 104 cm³/mol. The van der Waals surface area contributed by atoms with Gasteiger partial charge in [0.25, 0.3) is 5.91 Å². The molecule has 0 bridgehead atoms. The quantitative estimate of drug-likeness (QED) is 0.698. The van der Waals surface area contributed by atoms with Gasteiger partial charge in [-0.2, -0.15) is 4.98 Å². The zero-order valence-electron chi connectivity index (χ0n) is 16.4. The van der Waals surface area contributed by atoms with Crippen molar-refractivity contribution in [2.45, 2.75) is 39.5 Å². The van der Waals surface area contributed by atoms with Crippen LogP contribution in [0.2, 0.25) is 0 Å². The van der Waals surface area contributed by atoms with Gasteiger partial charge in [0.1, 0.15) is 29.2 Å². The molecule has 0 saturated carbocycles. The van der Waals surface area contributed by atoms with Crippen LogP contribution < -0.4 is 5.32 Å². The number of hydrogen-bond donors (Lipinski definition) is 1. The molecule has 3 aromatic heterocycles. The lowest BCUT2D eigenvalue weighted by molar-refractivity contribution is 0.0517. The number of nitrogens with one attached hydrogen (secondary N) is 1. The lowest BCUT2D eigenvalue weighted by Crippen LogP contribution is -2.32. The molecule has 4 rings (SSSR count). The number of nitrogens with zero attached hydrogens (tertiary/aromatic N) is 5. The molecule has 29 heavy (non-hydrogen) atoms. The number of carbonyl (C=O) groups excluding carboxylic acids is 2. The third-order valence-electron chi connectivity index (χ3n) is 4.16. The highest BCUT2D eigenvalue weighted by atomic mass is 32.1. The molecule has 1 aliphatic rings. The highest BCUT2D eigenvalue weighted by Crippen LogP contribution is 2.32. The average Bonchev–Trinajstić information content (AvgIpc) is 3.35. The van der Waals surface area contributed by atoms with Crippen LogP contribution in [0.1, 0.15) is 42.7 Å². The number of amides is 2. The van der Waals surface area contributed by atoms with Crippen LogP contribution in [0.15, 0.2) is 22.3 Å². The Balaban J connectivity index is 1.57. The minimum Gasteiger partial charge on any atom is -0.444 e. The molecule has 2 amide bonds. The first-order valence-corrected chi connectivity index (χ1v) is 9.80. The molecular formula is C18H20N6O4S. The smallest absolute Gasteiger partial charge is 0.408 e. The van der Waals surface area contributed by atoms with Gasteiger partial charge in [-0.05, 0) is 32.2 Å². The number of aromatic nitrogens is 4. The molecule has 0 atom stereocenters. The van der Waals surface area contributed by atoms with Crippen molar-refractivity contribution < 1.29 is 18.8 Å². The molecule has 1 aliphatic heterocycles. The Kier molecular flexibility index (Phi) is 4.61. The standard InChI is InChI=1S/C18H20N6O4S/c1-18(2,3)27-17(26)19-7-12-21-14(22-28-12)13-11-8-23(4)15(25)10-5-6-29-16(10)24(11)9-20-13/h5-6,9H,7-8H2,1-4H3,(H,19,26). The van der Waals surface area contributed by atoms with E-state index < -0.39 is 11.7 Å². The molecule has 152 valence electrons. The summed E-state index contributed by atoms with van der Waals surface area (Å²) in [4.78, 5) is 34.7. The molecule has 0 aliphatic carbocycles. The average molecular weight is 416 g/mol. The largest absolute Gasteiger partial charge is 0.444 e. The Bertz CT molecular complexity index is 1080. The summed E-state index contributed by atoms with van der Waals surface area (Å²) in [7, 11) is 1.74. The van der Waals surface area contributed by atoms with E-state index in [9.17, 15) is 9.59 Å². The predicted octanol–water partition coefficient (Wildman–Crippen LogP) is 2.59. The second-order valence-corrected chi connectivity index (χ2v) is 8.47. The minimum atomic E-state index is -0.595. The van der Waals surface area contributed by atoms with Gasteiger partial charge in [0.2, 0.25) is 11.7 Å². The van der Waals surface area contributed by atoms with E-state index in [1.807, 2.05) is 16.0 Å². The number of imidazole rings is 1. The van der Waals surface area contributed by atoms with Crippen LogP contribution in [0.5, 0.6) is 0 Å². The molecule has 0 radical (unpaired) electrons. The zero-order valence-corrected chi connectivity index (χ0v) is 17.2. The summed E-state index contributed by atoms with van der Waals surface area (Å²) in [6.45, 7) is 5.73. The Morgan fingerprint density at radius 3 is 2.97 bits per heavy atom. The fourth-order valence-electron chi connectivity index (χ4n) is 2.92. The monoisotopic (exact) mass is 416 g/mol. The molecule has 0 spiro atoms. The summed E-state index contributed by atoms with van der Waals surface area (Å²) in [5, 5.41) is 9.24. The highest BCUT2D eigenvalue weighted by molar-refractivity contribution is 7.13. The van der Waals surface area contributed by atoms with Crippen molar-refractivity contribution in [3.8, 4) is 16.5 Å². The van der Waals surface area contributed by atoms with Crippen molar-refractivity contribution in [3.63, 3.8) is 0 Å². The minimum absolute atomic E-state index is 0.0332. The van der Waals surface area contributed by atoms with Crippen molar-refractivity contribution in [2.24, 2.45) is 0 Å². The fourth-order valence-corrected chi connectivity index (χ4v) is 3.81. The fraction of sp³-hybridized carbons (Fsp3) is 0.389. The third-order valence-corrected chi connectivity index (χ3v) is 5.07. The Morgan fingerprint density at radius 1 is 1.41 bits per heavy atom. The van der Waals surface area contributed by atoms with Crippen molar-refractivity contribution in [1.29, 1.82) is 0 Å². The van der Waals surface area contributed by atoms with Crippen LogP contribution in [0, 0.1) is 0 Å². The first-order valence-electron chi connectivity index (χ1n) is 8.92. The van der Waals surface area contributed by atoms with Crippen LogP contribution >= 0.6 is 11.3 Å². The van der Waals surface area contributed by atoms with Crippen LogP contribution in [0.3, 0.4) is 0 Å². The molecule has 11 heteroatoms. The van der Waals surface area contributed by atoms with Gasteiger partial charge in [0.15, 0.2) is 0 Å². The Labute approximate surface area is 170 Å². The molecule has 3 aromatic rings. The van der Waals surface area contributed by atoms with E-state index in [-0.39, 0.29) is 18.3 Å². The molecule has 0 aromatic carbocycles. The van der Waals surface area contributed by atoms with Crippen molar-refractivity contribution in [2.75, 3.05) is 7.05 Å². The van der Waals surface area contributed by atoms with Gasteiger partial charge in [-0.25, -0.2) is 9.78 Å². The summed E-state index contributed by atoms with van der Waals surface area (Å²) < 4.78 is 12.3. The van der Waals surface area contributed by atoms with Gasteiger partial charge < -0.3 is 19.5 Å². The van der Waals surface area contributed by atoms with Gasteiger partial charge >= 0.3 is 6.09 Å². The zero-order chi connectivity index (χ0) is 20.8. The van der Waals surface area contributed by atoms with Gasteiger partial charge in [0, 0.05) is 7.05 Å². The second kappa shape index (κ2) is 6.99. The van der Waals surface area contributed by atoms with E-state index in [4.69, 9.17) is 9.26 Å². The van der Waals surface area contributed by atoms with Crippen molar-refractivity contribution >= 4 is 23.3 Å². The van der Waals surface area contributed by atoms with Gasteiger partial charge in [0.05, 0.1) is 17.8 Å². The van der Waals surface area contributed by atoms with Crippen LogP contribution in [0.25, 0.3) is 16.5 Å². The number of ether oxygens (including phenoxy) is 1. The normalized spacial score (nSPS) is 13.7. The van der Waals surface area contributed by atoms with Crippen LogP contribution in [-0.2, 0) is 17.8 Å². The molecule has 0 unspecified atom stereocenters. The summed E-state index contributed by atoms with van der Waals surface area (Å²) in [6.07, 6.45) is 1.08. The van der Waals surface area contributed by atoms with Gasteiger partial charge in [-0.1, -0.05) is 5.16 Å². The number of rotatable bonds is 3. The molecule has 10 nitrogen and oxygen atoms in total. The van der Waals surface area contributed by atoms with Gasteiger partial charge in [-0.3, -0.25) is 9.36 Å². The Morgan fingerprint density at radius 2 is 2.21 bits per heavy atom. The summed E-state index contributed by atoms with van der Waals surface area (Å²) >= 11 is 1.47. The maximum absolute atomic E-state index is 12.6. The topological polar surface area (TPSA) is 115 Å². The van der Waals surface area contributed by atoms with E-state index in [1.165, 1.54) is 11.3 Å². The summed E-state index contributed by atoms with van der Waals surface area (Å²) in [5.74, 6) is 0.467. The lowest BCUT2D eigenvalue weighted by atomic mass is 10.2. The molecule has 1 N–H and O–H groups in total. The molecule has 4 heterocycles. The highest BCUT2D eigenvalue weighted by Gasteiger charge is 2.29. The van der Waals surface area contributed by atoms with E-state index >= 15 is 0 Å². The van der Waals surface area contributed by atoms with Gasteiger partial charge in [-0.15, -0.1) is 11.3 Å². The number of fused-ring (bicyclic) bond motifs is 3. The number of hydrogen-bond acceptors (Lipinski definition) is 8. The van der Waals surface area contributed by atoms with Crippen LogP contribution in [-0.4, -0.2) is 49.2 Å². The van der Waals surface area contributed by atoms with E-state index in [2.05, 4.69) is 20.4 Å². The summed E-state index contributed by atoms with van der Waals surface area (Å²) in [5.41, 5.74) is 1.35. The molecule has 0 saturated heterocycles. The van der Waals surface area contributed by atoms with E-state index in [0.29, 0.717) is 23.6 Å². The number of alkyl carbamates (subject to hydrolysis) is 1. The van der Waals surface area contributed by atoms with Crippen LogP contribution in [0.4, 0.5) is 4.79 Å². The molecule has 0 fully saturated rings. The first kappa shape index (κ1) is 19.1. The van der Waals surface area contributed by atoms with Crippen molar-refractivity contribution in [1.82, 2.24) is 29.9 Å². The molecular weight excluding hydrogens is 396 g/mol. The van der Waals surface area contributed by atoms with E-state index in [0.717, 1.165) is 10.7 Å². The summed E-state index contributed by atoms with van der Waals surface area (Å²) in [6, 6.07) is 1.81. The van der Waals surface area contributed by atoms with E-state index in [1.54, 1.807) is 39.0 Å². The maximum Gasteiger partial charge on any atom is 0.408 e. The second-order valence-electron chi connectivity index (χ2n) is 7.58. The maximum atomic E-state index is 12.6. The third kappa shape index (κ3) is 3.73. The lowest BCUT2D eigenvalue weighted by Gasteiger charge is -2.19. The SMILES string of the molecule is CN1Cc2c(-c3noc(CNC(=O)OC(C)(C)C)n3)ncn2-c2sccc2C1=O. The van der Waals surface area contributed by atoms with Crippen molar-refractivity contribution in [3.05, 3.63) is 34.9 Å². The Hall–Kier alpha value is -3.21.